The number of aromatic nitrogens is 1. The van der Waals surface area contributed by atoms with E-state index in [0.717, 1.165) is 17.3 Å². The Kier molecular flexibility index (Phi) is 10.7. The number of aromatic hydroxyl groups is 1. The number of aliphatic hydroxyl groups is 1. The summed E-state index contributed by atoms with van der Waals surface area (Å²) in [4.78, 5) is 24.0. The van der Waals surface area contributed by atoms with Gasteiger partial charge in [-0.25, -0.2) is 8.42 Å². The van der Waals surface area contributed by atoms with E-state index in [2.05, 4.69) is 15.5 Å². The molecule has 0 aliphatic carbocycles. The van der Waals surface area contributed by atoms with Crippen molar-refractivity contribution in [3.05, 3.63) is 70.0 Å². The SMILES string of the molecule is CCN(c1ccc(NC(C)=O)cc1)S(=O)(=O)c1cccc(N=Nc2c(C(F)(F)F)c(C)c(O)n(CCOCCO)c2=O)c1. The van der Waals surface area contributed by atoms with Crippen molar-refractivity contribution in [3.63, 3.8) is 0 Å². The van der Waals surface area contributed by atoms with E-state index in [9.17, 15) is 36.3 Å². The fourth-order valence-electron chi connectivity index (χ4n) is 4.14. The van der Waals surface area contributed by atoms with E-state index in [4.69, 9.17) is 9.84 Å². The van der Waals surface area contributed by atoms with Gasteiger partial charge in [0.05, 0.1) is 48.2 Å². The fraction of sp³-hybridized carbons (Fsp3) is 0.333. The maximum absolute atomic E-state index is 14.0. The number of nitrogens with one attached hydrogen (secondary N) is 1. The number of benzene rings is 2. The smallest absolute Gasteiger partial charge is 0.419 e. The Morgan fingerprint density at radius 1 is 1.12 bits per heavy atom. The van der Waals surface area contributed by atoms with Gasteiger partial charge in [0, 0.05) is 24.7 Å². The van der Waals surface area contributed by atoms with E-state index in [0.29, 0.717) is 15.9 Å². The molecule has 0 atom stereocenters. The molecule has 0 saturated carbocycles. The number of ether oxygens (including phenoxy) is 1. The van der Waals surface area contributed by atoms with Gasteiger partial charge in [-0.1, -0.05) is 6.07 Å². The summed E-state index contributed by atoms with van der Waals surface area (Å²) < 4.78 is 75.6. The molecule has 12 nitrogen and oxygen atoms in total. The molecule has 3 N–H and O–H groups in total. The lowest BCUT2D eigenvalue weighted by molar-refractivity contribution is -0.137. The van der Waals surface area contributed by atoms with Crippen molar-refractivity contribution in [2.75, 3.05) is 36.0 Å². The molecule has 1 heterocycles. The third kappa shape index (κ3) is 7.77. The van der Waals surface area contributed by atoms with Crippen molar-refractivity contribution < 1.29 is 41.3 Å². The molecule has 3 aromatic rings. The molecule has 1 amide bonds. The first kappa shape index (κ1) is 33.2. The molecule has 0 aliphatic heterocycles. The Bertz CT molecular complexity index is 1660. The summed E-state index contributed by atoms with van der Waals surface area (Å²) in [6.45, 7) is 3.00. The number of carbonyl (C=O) groups is 1. The third-order valence-corrected chi connectivity index (χ3v) is 7.96. The summed E-state index contributed by atoms with van der Waals surface area (Å²) >= 11 is 0. The summed E-state index contributed by atoms with van der Waals surface area (Å²) in [5.41, 5.74) is -3.96. The number of sulfonamides is 1. The van der Waals surface area contributed by atoms with Crippen LogP contribution >= 0.6 is 0 Å². The second-order valence-electron chi connectivity index (χ2n) is 9.06. The van der Waals surface area contributed by atoms with Gasteiger partial charge >= 0.3 is 6.18 Å². The molecule has 0 fully saturated rings. The van der Waals surface area contributed by atoms with Crippen LogP contribution in [0.25, 0.3) is 0 Å². The van der Waals surface area contributed by atoms with E-state index in [1.807, 2.05) is 0 Å². The Balaban J connectivity index is 2.02. The molecule has 16 heteroatoms. The van der Waals surface area contributed by atoms with Crippen LogP contribution < -0.4 is 15.2 Å². The molecule has 0 radical (unpaired) electrons. The maximum Gasteiger partial charge on any atom is 0.419 e. The largest absolute Gasteiger partial charge is 0.494 e. The molecule has 0 bridgehead atoms. The van der Waals surface area contributed by atoms with E-state index in [1.165, 1.54) is 49.4 Å². The first-order valence-corrected chi connectivity index (χ1v) is 14.3. The molecule has 0 spiro atoms. The summed E-state index contributed by atoms with van der Waals surface area (Å²) in [5.74, 6) is -1.23. The average Bonchev–Trinajstić information content (AvgIpc) is 2.94. The van der Waals surface area contributed by atoms with E-state index in [1.54, 1.807) is 6.92 Å². The highest BCUT2D eigenvalue weighted by molar-refractivity contribution is 7.92. The van der Waals surface area contributed by atoms with Crippen molar-refractivity contribution in [2.24, 2.45) is 10.2 Å². The molecule has 0 saturated heterocycles. The van der Waals surface area contributed by atoms with E-state index >= 15 is 0 Å². The van der Waals surface area contributed by atoms with Gasteiger partial charge in [0.1, 0.15) is 0 Å². The van der Waals surface area contributed by atoms with Crippen LogP contribution in [0.15, 0.2) is 68.4 Å². The lowest BCUT2D eigenvalue weighted by Crippen LogP contribution is -2.30. The molecular formula is C27H30F3N5O7S. The predicted octanol–water partition coefficient (Wildman–Crippen LogP) is 4.48. The van der Waals surface area contributed by atoms with Gasteiger partial charge in [-0.2, -0.15) is 18.3 Å². The fourth-order valence-corrected chi connectivity index (χ4v) is 5.65. The number of amides is 1. The highest BCUT2D eigenvalue weighted by atomic mass is 32.2. The first-order valence-electron chi connectivity index (χ1n) is 12.9. The molecule has 2 aromatic carbocycles. The van der Waals surface area contributed by atoms with Crippen molar-refractivity contribution in [2.45, 2.75) is 38.4 Å². The number of rotatable bonds is 12. The normalized spacial score (nSPS) is 12.1. The zero-order valence-electron chi connectivity index (χ0n) is 23.4. The lowest BCUT2D eigenvalue weighted by Gasteiger charge is -2.23. The van der Waals surface area contributed by atoms with Crippen LogP contribution in [-0.4, -0.2) is 55.5 Å². The maximum atomic E-state index is 14.0. The zero-order chi connectivity index (χ0) is 31.9. The number of alkyl halides is 3. The van der Waals surface area contributed by atoms with Gasteiger partial charge < -0.3 is 20.3 Å². The quantitative estimate of drug-likeness (QED) is 0.197. The minimum Gasteiger partial charge on any atom is -0.494 e. The first-order chi connectivity index (χ1) is 20.2. The van der Waals surface area contributed by atoms with Gasteiger partial charge in [0.15, 0.2) is 11.6 Å². The number of carbonyl (C=O) groups excluding carboxylic acids is 1. The second-order valence-corrected chi connectivity index (χ2v) is 10.9. The van der Waals surface area contributed by atoms with Gasteiger partial charge in [-0.05, 0) is 56.3 Å². The minimum absolute atomic E-state index is 0.0247. The topological polar surface area (TPSA) is 163 Å². The second kappa shape index (κ2) is 13.8. The van der Waals surface area contributed by atoms with Crippen molar-refractivity contribution >= 4 is 38.7 Å². The number of azo groups is 1. The summed E-state index contributed by atoms with van der Waals surface area (Å²) in [6.07, 6.45) is -5.08. The highest BCUT2D eigenvalue weighted by Crippen LogP contribution is 2.40. The Morgan fingerprint density at radius 2 is 1.79 bits per heavy atom. The number of nitrogens with zero attached hydrogens (tertiary/aromatic N) is 4. The van der Waals surface area contributed by atoms with E-state index < -0.39 is 44.5 Å². The van der Waals surface area contributed by atoms with Crippen molar-refractivity contribution in [1.29, 1.82) is 0 Å². The predicted molar refractivity (Wildman–Crippen MR) is 152 cm³/mol. The van der Waals surface area contributed by atoms with Gasteiger partial charge in [0.2, 0.25) is 5.91 Å². The van der Waals surface area contributed by atoms with Crippen LogP contribution in [0.3, 0.4) is 0 Å². The number of aliphatic hydroxyl groups excluding tert-OH is 1. The van der Waals surface area contributed by atoms with Crippen molar-refractivity contribution in [1.82, 2.24) is 4.57 Å². The van der Waals surface area contributed by atoms with Crippen LogP contribution in [0.5, 0.6) is 5.88 Å². The minimum atomic E-state index is -5.08. The molecule has 0 unspecified atom stereocenters. The standard InChI is InChI=1S/C27H30F3N5O7S/c1-4-35(21-10-8-19(9-11-21)31-18(3)37)43(40,41)22-7-5-6-20(16-22)32-33-24-23(27(28,29)30)17(2)25(38)34(26(24)39)12-14-42-15-13-36/h5-11,16,36,38H,4,12-15H2,1-3H3,(H,31,37). The van der Waals surface area contributed by atoms with Crippen molar-refractivity contribution in [3.8, 4) is 5.88 Å². The Labute approximate surface area is 245 Å². The van der Waals surface area contributed by atoms with Crippen LogP contribution in [0.1, 0.15) is 25.0 Å². The van der Waals surface area contributed by atoms with Crippen LogP contribution in [0, 0.1) is 6.92 Å². The summed E-state index contributed by atoms with van der Waals surface area (Å²) in [5, 5.41) is 29.1. The van der Waals surface area contributed by atoms with Crippen LogP contribution in [-0.2, 0) is 32.3 Å². The number of hydrogen-bond acceptors (Lipinski definition) is 9. The average molecular weight is 626 g/mol. The van der Waals surface area contributed by atoms with Gasteiger partial charge in [-0.3, -0.25) is 18.5 Å². The molecular weight excluding hydrogens is 595 g/mol. The molecule has 232 valence electrons. The van der Waals surface area contributed by atoms with Gasteiger partial charge in [-0.15, -0.1) is 5.11 Å². The van der Waals surface area contributed by atoms with Crippen LogP contribution in [0.4, 0.5) is 35.9 Å². The zero-order valence-corrected chi connectivity index (χ0v) is 24.2. The number of halogens is 3. The molecule has 3 rings (SSSR count). The summed E-state index contributed by atoms with van der Waals surface area (Å²) in [6, 6.07) is 11.0. The number of pyridine rings is 1. The highest BCUT2D eigenvalue weighted by Gasteiger charge is 2.39. The number of hydrogen-bond donors (Lipinski definition) is 3. The molecule has 43 heavy (non-hydrogen) atoms. The lowest BCUT2D eigenvalue weighted by atomic mass is 10.1. The molecule has 1 aromatic heterocycles. The third-order valence-electron chi connectivity index (χ3n) is 6.06. The Morgan fingerprint density at radius 3 is 2.37 bits per heavy atom. The Hall–Kier alpha value is -4.28. The van der Waals surface area contributed by atoms with E-state index in [-0.39, 0.29) is 49.4 Å². The summed E-state index contributed by atoms with van der Waals surface area (Å²) in [7, 11) is -4.19. The monoisotopic (exact) mass is 625 g/mol. The number of anilines is 2. The molecule has 0 aliphatic rings. The van der Waals surface area contributed by atoms with Gasteiger partial charge in [0.25, 0.3) is 15.6 Å². The van der Waals surface area contributed by atoms with Crippen LogP contribution in [0.2, 0.25) is 0 Å².